The van der Waals surface area contributed by atoms with Gasteiger partial charge >= 0.3 is 5.97 Å². The molecule has 0 fully saturated rings. The number of pyridine rings is 1. The summed E-state index contributed by atoms with van der Waals surface area (Å²) in [6.07, 6.45) is 3.46. The molecule has 0 aliphatic carbocycles. The number of fused-ring (bicyclic) bond motifs is 1. The first-order chi connectivity index (χ1) is 7.69. The van der Waals surface area contributed by atoms with E-state index in [1.807, 2.05) is 17.6 Å². The van der Waals surface area contributed by atoms with Gasteiger partial charge in [0.05, 0.1) is 18.8 Å². The summed E-state index contributed by atoms with van der Waals surface area (Å²) in [7, 11) is 1.38. The van der Waals surface area contributed by atoms with Crippen molar-refractivity contribution in [2.75, 3.05) is 7.11 Å². The molecule has 5 heteroatoms. The molecule has 0 spiro atoms. The number of hydrogen-bond acceptors (Lipinski definition) is 3. The second-order valence-corrected chi connectivity index (χ2v) is 4.17. The van der Waals surface area contributed by atoms with E-state index in [2.05, 4.69) is 20.9 Å². The maximum atomic E-state index is 11.6. The molecular weight excluding hydrogens is 272 g/mol. The van der Waals surface area contributed by atoms with Crippen molar-refractivity contribution >= 4 is 32.8 Å². The number of aromatic nitrogens is 2. The van der Waals surface area contributed by atoms with Gasteiger partial charge in [0.1, 0.15) is 5.69 Å². The number of nitrogens with zero attached hydrogens (tertiary/aromatic N) is 2. The molecule has 2 rings (SSSR count). The maximum absolute atomic E-state index is 11.6. The average molecular weight is 283 g/mol. The third-order valence-electron chi connectivity index (χ3n) is 2.49. The maximum Gasteiger partial charge on any atom is 0.354 e. The van der Waals surface area contributed by atoms with Crippen LogP contribution in [0, 0.1) is 0 Å². The third-order valence-corrected chi connectivity index (χ3v) is 3.12. The van der Waals surface area contributed by atoms with Crippen molar-refractivity contribution in [2.24, 2.45) is 0 Å². The van der Waals surface area contributed by atoms with Crippen LogP contribution in [-0.2, 0) is 11.3 Å². The smallest absolute Gasteiger partial charge is 0.354 e. The van der Waals surface area contributed by atoms with Crippen molar-refractivity contribution in [3.63, 3.8) is 0 Å². The van der Waals surface area contributed by atoms with E-state index in [4.69, 9.17) is 4.74 Å². The summed E-state index contributed by atoms with van der Waals surface area (Å²) in [5, 5.41) is 0.970. The van der Waals surface area contributed by atoms with Gasteiger partial charge in [-0.1, -0.05) is 0 Å². The Kier molecular flexibility index (Phi) is 2.96. The zero-order valence-corrected chi connectivity index (χ0v) is 10.6. The molecule has 0 radical (unpaired) electrons. The summed E-state index contributed by atoms with van der Waals surface area (Å²) < 4.78 is 7.52. The Morgan fingerprint density at radius 2 is 2.31 bits per heavy atom. The Labute approximate surface area is 101 Å². The number of aryl methyl sites for hydroxylation is 1. The van der Waals surface area contributed by atoms with Crippen LogP contribution in [0.4, 0.5) is 0 Å². The quantitative estimate of drug-likeness (QED) is 0.796. The van der Waals surface area contributed by atoms with E-state index >= 15 is 0 Å². The molecular formula is C11H11BrN2O2. The number of rotatable bonds is 2. The van der Waals surface area contributed by atoms with E-state index in [0.717, 1.165) is 15.4 Å². The molecule has 2 heterocycles. The lowest BCUT2D eigenvalue weighted by Crippen LogP contribution is -2.09. The van der Waals surface area contributed by atoms with E-state index in [9.17, 15) is 4.79 Å². The second-order valence-electron chi connectivity index (χ2n) is 3.32. The largest absolute Gasteiger partial charge is 0.464 e. The first kappa shape index (κ1) is 11.1. The zero-order valence-electron chi connectivity index (χ0n) is 9.03. The Morgan fingerprint density at radius 1 is 1.56 bits per heavy atom. The van der Waals surface area contributed by atoms with Gasteiger partial charge < -0.3 is 9.30 Å². The lowest BCUT2D eigenvalue weighted by molar-refractivity contribution is 0.0589. The summed E-state index contributed by atoms with van der Waals surface area (Å²) in [6, 6.07) is 1.82. The lowest BCUT2D eigenvalue weighted by Gasteiger charge is -2.05. The van der Waals surface area contributed by atoms with E-state index in [1.54, 1.807) is 12.4 Å². The van der Waals surface area contributed by atoms with Gasteiger partial charge in [0.25, 0.3) is 0 Å². The molecule has 0 aliphatic rings. The Morgan fingerprint density at radius 3 is 2.94 bits per heavy atom. The number of halogens is 1. The molecule has 0 bridgehead atoms. The van der Waals surface area contributed by atoms with Gasteiger partial charge in [0.2, 0.25) is 0 Å². The minimum absolute atomic E-state index is 0.329. The predicted molar refractivity (Wildman–Crippen MR) is 64.4 cm³/mol. The highest BCUT2D eigenvalue weighted by Gasteiger charge is 2.16. The van der Waals surface area contributed by atoms with Crippen LogP contribution in [0.15, 0.2) is 22.9 Å². The highest BCUT2D eigenvalue weighted by atomic mass is 79.9. The highest BCUT2D eigenvalue weighted by molar-refractivity contribution is 9.10. The first-order valence-corrected chi connectivity index (χ1v) is 5.69. The van der Waals surface area contributed by atoms with Gasteiger partial charge in [-0.2, -0.15) is 0 Å². The first-order valence-electron chi connectivity index (χ1n) is 4.90. The molecule has 16 heavy (non-hydrogen) atoms. The van der Waals surface area contributed by atoms with Crippen LogP contribution in [-0.4, -0.2) is 22.6 Å². The summed E-state index contributed by atoms with van der Waals surface area (Å²) in [5.74, 6) is -0.329. The molecule has 84 valence electrons. The molecule has 0 aromatic carbocycles. The summed E-state index contributed by atoms with van der Waals surface area (Å²) >= 11 is 3.42. The van der Waals surface area contributed by atoms with Gasteiger partial charge in [0.15, 0.2) is 0 Å². The summed E-state index contributed by atoms with van der Waals surface area (Å²) in [5.41, 5.74) is 1.48. The molecule has 0 amide bonds. The van der Waals surface area contributed by atoms with Gasteiger partial charge in [0, 0.05) is 22.6 Å². The minimum Gasteiger partial charge on any atom is -0.464 e. The monoisotopic (exact) mass is 282 g/mol. The molecule has 4 nitrogen and oxygen atoms in total. The van der Waals surface area contributed by atoms with Crippen molar-refractivity contribution in [1.82, 2.24) is 9.55 Å². The highest BCUT2D eigenvalue weighted by Crippen LogP contribution is 2.26. The fourth-order valence-electron chi connectivity index (χ4n) is 1.75. The standard InChI is InChI=1S/C11H11BrN2O2/c1-3-14-9(11(15)16-2)4-7-8(12)5-13-6-10(7)14/h4-6H,3H2,1-2H3. The average Bonchev–Trinajstić information content (AvgIpc) is 2.68. The topological polar surface area (TPSA) is 44.1 Å². The van der Waals surface area contributed by atoms with Crippen LogP contribution < -0.4 is 0 Å². The lowest BCUT2D eigenvalue weighted by atomic mass is 10.3. The molecule has 2 aromatic heterocycles. The number of hydrogen-bond donors (Lipinski definition) is 0. The van der Waals surface area contributed by atoms with Crippen molar-refractivity contribution in [1.29, 1.82) is 0 Å². The van der Waals surface area contributed by atoms with Crippen LogP contribution in [0.1, 0.15) is 17.4 Å². The molecule has 0 saturated carbocycles. The van der Waals surface area contributed by atoms with E-state index in [-0.39, 0.29) is 5.97 Å². The van der Waals surface area contributed by atoms with Gasteiger partial charge in [-0.15, -0.1) is 0 Å². The van der Waals surface area contributed by atoms with Crippen LogP contribution >= 0.6 is 15.9 Å². The molecule has 0 unspecified atom stereocenters. The zero-order chi connectivity index (χ0) is 11.7. The van der Waals surface area contributed by atoms with Gasteiger partial charge in [-0.05, 0) is 28.9 Å². The predicted octanol–water partition coefficient (Wildman–Crippen LogP) is 2.61. The van der Waals surface area contributed by atoms with Crippen molar-refractivity contribution < 1.29 is 9.53 Å². The number of esters is 1. The SMILES string of the molecule is CCn1c(C(=O)OC)cc2c(Br)cncc21. The van der Waals surface area contributed by atoms with Crippen LogP contribution in [0.5, 0.6) is 0 Å². The number of carbonyl (C=O) groups is 1. The van der Waals surface area contributed by atoms with Crippen LogP contribution in [0.25, 0.3) is 10.9 Å². The number of carbonyl (C=O) groups excluding carboxylic acids is 1. The minimum atomic E-state index is -0.329. The van der Waals surface area contributed by atoms with Crippen LogP contribution in [0.2, 0.25) is 0 Å². The second kappa shape index (κ2) is 4.25. The third kappa shape index (κ3) is 1.61. The molecule has 0 aliphatic heterocycles. The number of methoxy groups -OCH3 is 1. The van der Waals surface area contributed by atoms with E-state index in [0.29, 0.717) is 12.2 Å². The van der Waals surface area contributed by atoms with Crippen LogP contribution in [0.3, 0.4) is 0 Å². The number of ether oxygens (including phenoxy) is 1. The molecule has 0 N–H and O–H groups in total. The molecule has 0 atom stereocenters. The summed E-state index contributed by atoms with van der Waals surface area (Å²) in [4.78, 5) is 15.7. The Hall–Kier alpha value is -1.36. The summed E-state index contributed by atoms with van der Waals surface area (Å²) in [6.45, 7) is 2.68. The van der Waals surface area contributed by atoms with E-state index < -0.39 is 0 Å². The Bertz CT molecular complexity index is 548. The normalized spacial score (nSPS) is 10.7. The fourth-order valence-corrected chi connectivity index (χ4v) is 2.19. The molecule has 0 saturated heterocycles. The van der Waals surface area contributed by atoms with Gasteiger partial charge in [-0.3, -0.25) is 4.98 Å². The van der Waals surface area contributed by atoms with Crippen molar-refractivity contribution in [2.45, 2.75) is 13.5 Å². The molecule has 2 aromatic rings. The van der Waals surface area contributed by atoms with Crippen molar-refractivity contribution in [3.8, 4) is 0 Å². The van der Waals surface area contributed by atoms with Gasteiger partial charge in [-0.25, -0.2) is 4.79 Å². The van der Waals surface area contributed by atoms with E-state index in [1.165, 1.54) is 7.11 Å². The fraction of sp³-hybridized carbons (Fsp3) is 0.273. The van der Waals surface area contributed by atoms with Crippen molar-refractivity contribution in [3.05, 3.63) is 28.6 Å². The Balaban J connectivity index is 2.76.